The third-order valence-corrected chi connectivity index (χ3v) is 4.80. The Balaban J connectivity index is 1.94. The standard InChI is InChI=1S/C14H28N2O/c1-12-10-14(11-17,8-9-16(12)2)15-13-6-4-3-5-7-13/h12-13,15,17H,3-11H2,1-2H3. The van der Waals surface area contributed by atoms with Gasteiger partial charge >= 0.3 is 0 Å². The van der Waals surface area contributed by atoms with Gasteiger partial charge in [0.25, 0.3) is 0 Å². The van der Waals surface area contributed by atoms with E-state index in [1.165, 1.54) is 32.1 Å². The van der Waals surface area contributed by atoms with E-state index in [0.29, 0.717) is 18.7 Å². The Morgan fingerprint density at radius 3 is 2.59 bits per heavy atom. The lowest BCUT2D eigenvalue weighted by molar-refractivity contribution is 0.0471. The molecule has 0 aromatic heterocycles. The van der Waals surface area contributed by atoms with E-state index in [0.717, 1.165) is 19.4 Å². The van der Waals surface area contributed by atoms with Crippen LogP contribution in [0, 0.1) is 0 Å². The van der Waals surface area contributed by atoms with Crippen molar-refractivity contribution in [1.29, 1.82) is 0 Å². The van der Waals surface area contributed by atoms with E-state index in [1.54, 1.807) is 0 Å². The summed E-state index contributed by atoms with van der Waals surface area (Å²) in [6.07, 6.45) is 8.86. The first-order chi connectivity index (χ1) is 8.15. The number of likely N-dealkylation sites (tertiary alicyclic amines) is 1. The maximum atomic E-state index is 9.80. The summed E-state index contributed by atoms with van der Waals surface area (Å²) in [7, 11) is 2.19. The van der Waals surface area contributed by atoms with Gasteiger partial charge in [0, 0.05) is 17.6 Å². The summed E-state index contributed by atoms with van der Waals surface area (Å²) in [6.45, 7) is 3.66. The third-order valence-electron chi connectivity index (χ3n) is 4.80. The Kier molecular flexibility index (Phi) is 4.45. The molecule has 0 bridgehead atoms. The van der Waals surface area contributed by atoms with Crippen molar-refractivity contribution in [3.8, 4) is 0 Å². The predicted octanol–water partition coefficient (Wildman–Crippen LogP) is 1.75. The van der Waals surface area contributed by atoms with Crippen LogP contribution in [-0.4, -0.2) is 47.8 Å². The number of rotatable bonds is 3. The Labute approximate surface area is 106 Å². The zero-order valence-electron chi connectivity index (χ0n) is 11.4. The molecular weight excluding hydrogens is 212 g/mol. The van der Waals surface area contributed by atoms with Crippen LogP contribution in [0.1, 0.15) is 51.9 Å². The van der Waals surface area contributed by atoms with Gasteiger partial charge in [-0.05, 0) is 46.2 Å². The van der Waals surface area contributed by atoms with Gasteiger partial charge in [0.15, 0.2) is 0 Å². The molecule has 2 unspecified atom stereocenters. The van der Waals surface area contributed by atoms with Crippen molar-refractivity contribution in [2.75, 3.05) is 20.2 Å². The van der Waals surface area contributed by atoms with Crippen LogP contribution in [-0.2, 0) is 0 Å². The van der Waals surface area contributed by atoms with E-state index in [9.17, 15) is 5.11 Å². The van der Waals surface area contributed by atoms with Gasteiger partial charge in [-0.2, -0.15) is 0 Å². The molecule has 0 amide bonds. The molecule has 2 aliphatic rings. The van der Waals surface area contributed by atoms with Gasteiger partial charge in [0.05, 0.1) is 6.61 Å². The van der Waals surface area contributed by atoms with Crippen LogP contribution in [0.4, 0.5) is 0 Å². The van der Waals surface area contributed by atoms with Gasteiger partial charge in [-0.25, -0.2) is 0 Å². The molecule has 0 radical (unpaired) electrons. The minimum Gasteiger partial charge on any atom is -0.394 e. The second kappa shape index (κ2) is 5.68. The lowest BCUT2D eigenvalue weighted by atomic mass is 9.82. The summed E-state index contributed by atoms with van der Waals surface area (Å²) < 4.78 is 0. The summed E-state index contributed by atoms with van der Waals surface area (Å²) >= 11 is 0. The summed E-state index contributed by atoms with van der Waals surface area (Å²) in [4.78, 5) is 2.40. The zero-order chi connectivity index (χ0) is 12.3. The summed E-state index contributed by atoms with van der Waals surface area (Å²) in [5, 5.41) is 13.6. The minimum absolute atomic E-state index is 0.00602. The molecule has 3 heteroatoms. The maximum absolute atomic E-state index is 9.80. The van der Waals surface area contributed by atoms with Crippen LogP contribution in [0.3, 0.4) is 0 Å². The number of nitrogens with one attached hydrogen (secondary N) is 1. The highest BCUT2D eigenvalue weighted by molar-refractivity contribution is 4.97. The van der Waals surface area contributed by atoms with Crippen LogP contribution < -0.4 is 5.32 Å². The molecule has 3 nitrogen and oxygen atoms in total. The molecule has 0 aromatic carbocycles. The number of nitrogens with zero attached hydrogens (tertiary/aromatic N) is 1. The van der Waals surface area contributed by atoms with Crippen molar-refractivity contribution in [2.24, 2.45) is 0 Å². The molecule has 2 fully saturated rings. The molecular formula is C14H28N2O. The van der Waals surface area contributed by atoms with E-state index in [4.69, 9.17) is 0 Å². The van der Waals surface area contributed by atoms with Gasteiger partial charge < -0.3 is 15.3 Å². The molecule has 1 heterocycles. The topological polar surface area (TPSA) is 35.5 Å². The number of hydrogen-bond acceptors (Lipinski definition) is 3. The normalized spacial score (nSPS) is 37.2. The first-order valence-electron chi connectivity index (χ1n) is 7.24. The lowest BCUT2D eigenvalue weighted by Gasteiger charge is -2.46. The van der Waals surface area contributed by atoms with E-state index in [1.807, 2.05) is 0 Å². The Bertz CT molecular complexity index is 240. The van der Waals surface area contributed by atoms with Crippen molar-refractivity contribution in [1.82, 2.24) is 10.2 Å². The Morgan fingerprint density at radius 2 is 2.00 bits per heavy atom. The van der Waals surface area contributed by atoms with E-state index >= 15 is 0 Å². The molecule has 1 saturated heterocycles. The second-order valence-corrected chi connectivity index (χ2v) is 6.20. The lowest BCUT2D eigenvalue weighted by Crippen LogP contribution is -2.60. The Morgan fingerprint density at radius 1 is 1.29 bits per heavy atom. The molecule has 1 aliphatic carbocycles. The van der Waals surface area contributed by atoms with Gasteiger partial charge in [-0.3, -0.25) is 0 Å². The first-order valence-corrected chi connectivity index (χ1v) is 7.24. The molecule has 2 atom stereocenters. The molecule has 100 valence electrons. The summed E-state index contributed by atoms with van der Waals surface area (Å²) in [5.74, 6) is 0. The second-order valence-electron chi connectivity index (χ2n) is 6.20. The summed E-state index contributed by atoms with van der Waals surface area (Å²) in [6, 6.07) is 1.22. The highest BCUT2D eigenvalue weighted by Crippen LogP contribution is 2.28. The van der Waals surface area contributed by atoms with E-state index in [2.05, 4.69) is 24.2 Å². The molecule has 1 aliphatic heterocycles. The monoisotopic (exact) mass is 240 g/mol. The van der Waals surface area contributed by atoms with E-state index in [-0.39, 0.29) is 5.54 Å². The van der Waals surface area contributed by atoms with Crippen LogP contribution in [0.25, 0.3) is 0 Å². The average molecular weight is 240 g/mol. The Hall–Kier alpha value is -0.120. The molecule has 0 spiro atoms. The van der Waals surface area contributed by atoms with Crippen LogP contribution in [0.2, 0.25) is 0 Å². The molecule has 2 N–H and O–H groups in total. The number of piperidine rings is 1. The van der Waals surface area contributed by atoms with Crippen LogP contribution in [0.5, 0.6) is 0 Å². The fraction of sp³-hybridized carbons (Fsp3) is 1.00. The highest BCUT2D eigenvalue weighted by atomic mass is 16.3. The van der Waals surface area contributed by atoms with Crippen LogP contribution >= 0.6 is 0 Å². The van der Waals surface area contributed by atoms with Gasteiger partial charge in [0.2, 0.25) is 0 Å². The maximum Gasteiger partial charge on any atom is 0.0614 e. The number of hydrogen-bond donors (Lipinski definition) is 2. The van der Waals surface area contributed by atoms with Crippen molar-refractivity contribution in [3.05, 3.63) is 0 Å². The fourth-order valence-corrected chi connectivity index (χ4v) is 3.43. The first kappa shape index (κ1) is 13.3. The molecule has 17 heavy (non-hydrogen) atoms. The highest BCUT2D eigenvalue weighted by Gasteiger charge is 2.37. The van der Waals surface area contributed by atoms with Crippen LogP contribution in [0.15, 0.2) is 0 Å². The number of aliphatic hydroxyl groups excluding tert-OH is 1. The van der Waals surface area contributed by atoms with Gasteiger partial charge in [-0.1, -0.05) is 19.3 Å². The van der Waals surface area contributed by atoms with E-state index < -0.39 is 0 Å². The zero-order valence-corrected chi connectivity index (χ0v) is 11.4. The number of aliphatic hydroxyl groups is 1. The smallest absolute Gasteiger partial charge is 0.0614 e. The van der Waals surface area contributed by atoms with Crippen molar-refractivity contribution >= 4 is 0 Å². The SMILES string of the molecule is CC1CC(CO)(NC2CCCCC2)CCN1C. The molecule has 1 saturated carbocycles. The molecule has 0 aromatic rings. The predicted molar refractivity (Wildman–Crippen MR) is 71.2 cm³/mol. The quantitative estimate of drug-likeness (QED) is 0.789. The van der Waals surface area contributed by atoms with Crippen molar-refractivity contribution in [2.45, 2.75) is 69.5 Å². The summed E-state index contributed by atoms with van der Waals surface area (Å²) in [5.41, 5.74) is -0.00602. The van der Waals surface area contributed by atoms with Gasteiger partial charge in [-0.15, -0.1) is 0 Å². The largest absolute Gasteiger partial charge is 0.394 e. The van der Waals surface area contributed by atoms with Crippen molar-refractivity contribution < 1.29 is 5.11 Å². The fourth-order valence-electron chi connectivity index (χ4n) is 3.43. The average Bonchev–Trinajstić information content (AvgIpc) is 2.35. The minimum atomic E-state index is -0.00602. The van der Waals surface area contributed by atoms with Crippen molar-refractivity contribution in [3.63, 3.8) is 0 Å². The molecule has 2 rings (SSSR count). The third kappa shape index (κ3) is 3.21. The van der Waals surface area contributed by atoms with Gasteiger partial charge in [0.1, 0.15) is 0 Å².